The second-order valence-corrected chi connectivity index (χ2v) is 12.3. The van der Waals surface area contributed by atoms with Gasteiger partial charge in [0.2, 0.25) is 0 Å². The van der Waals surface area contributed by atoms with Crippen LogP contribution < -0.4 is 0 Å². The molecule has 0 aliphatic rings. The number of rotatable bonds is 7. The number of carbonyl (C=O) groups excluding carboxylic acids is 1. The molecule has 130 valence electrons. The van der Waals surface area contributed by atoms with Crippen LogP contribution in [-0.4, -0.2) is 42.9 Å². The smallest absolute Gasteiger partial charge is 0.359 e. The van der Waals surface area contributed by atoms with Crippen LogP contribution in [-0.2, 0) is 16.1 Å². The van der Waals surface area contributed by atoms with Gasteiger partial charge in [-0.1, -0.05) is 19.6 Å². The molecule has 9 heteroatoms. The van der Waals surface area contributed by atoms with E-state index in [0.717, 1.165) is 6.04 Å². The minimum atomic E-state index is -1.23. The van der Waals surface area contributed by atoms with Crippen LogP contribution in [0.2, 0.25) is 25.7 Å². The number of hydrogen-bond acceptors (Lipinski definition) is 6. The minimum absolute atomic E-state index is 0.0774. The Morgan fingerprint density at radius 2 is 2.08 bits per heavy atom. The summed E-state index contributed by atoms with van der Waals surface area (Å²) in [5.41, 5.74) is 0.981. The lowest BCUT2D eigenvalue weighted by Gasteiger charge is -2.15. The molecule has 24 heavy (non-hydrogen) atoms. The highest BCUT2D eigenvalue weighted by molar-refractivity contribution is 6.76. The molecule has 0 saturated heterocycles. The normalized spacial score (nSPS) is 11.7. The Kier molecular flexibility index (Phi) is 5.35. The summed E-state index contributed by atoms with van der Waals surface area (Å²) in [6, 6.07) is 3.75. The van der Waals surface area contributed by atoms with Gasteiger partial charge in [0, 0.05) is 32.2 Å². The van der Waals surface area contributed by atoms with Crippen molar-refractivity contribution >= 4 is 30.6 Å². The molecule has 0 aliphatic heterocycles. The first-order valence-electron chi connectivity index (χ1n) is 7.54. The summed E-state index contributed by atoms with van der Waals surface area (Å²) in [6.07, 6.45) is 0. The quantitative estimate of drug-likeness (QED) is 0.270. The van der Waals surface area contributed by atoms with Gasteiger partial charge < -0.3 is 9.47 Å². The average molecular weight is 351 g/mol. The summed E-state index contributed by atoms with van der Waals surface area (Å²) < 4.78 is 10.4. The molecule has 0 aliphatic carbocycles. The number of nitrogens with zero attached hydrogens (tertiary/aromatic N) is 2. The van der Waals surface area contributed by atoms with Gasteiger partial charge in [0.15, 0.2) is 5.69 Å². The molecule has 1 heterocycles. The van der Waals surface area contributed by atoms with E-state index in [1.807, 2.05) is 0 Å². The highest BCUT2D eigenvalue weighted by atomic mass is 28.3. The van der Waals surface area contributed by atoms with E-state index in [4.69, 9.17) is 9.47 Å². The van der Waals surface area contributed by atoms with Crippen LogP contribution in [0.1, 0.15) is 16.1 Å². The first-order chi connectivity index (χ1) is 11.2. The predicted molar refractivity (Wildman–Crippen MR) is 91.9 cm³/mol. The van der Waals surface area contributed by atoms with E-state index in [9.17, 15) is 14.9 Å². The molecule has 1 N–H and O–H groups in total. The summed E-state index contributed by atoms with van der Waals surface area (Å²) in [5, 5.41) is 18.2. The van der Waals surface area contributed by atoms with Gasteiger partial charge in [-0.3, -0.25) is 15.2 Å². The molecule has 1 aromatic heterocycles. The third-order valence-corrected chi connectivity index (χ3v) is 5.28. The Morgan fingerprint density at radius 1 is 1.38 bits per heavy atom. The van der Waals surface area contributed by atoms with Gasteiger partial charge in [0.1, 0.15) is 0 Å². The highest BCUT2D eigenvalue weighted by Gasteiger charge is 2.21. The molecule has 0 unspecified atom stereocenters. The number of H-pyrrole nitrogens is 1. The Bertz CT molecular complexity index is 766. The predicted octanol–water partition coefficient (Wildman–Crippen LogP) is 3.11. The van der Waals surface area contributed by atoms with Crippen molar-refractivity contribution in [2.24, 2.45) is 0 Å². The number of nitrogens with one attached hydrogen (secondary N) is 1. The van der Waals surface area contributed by atoms with Crippen LogP contribution >= 0.6 is 0 Å². The molecule has 0 fully saturated rings. The number of carbonyl (C=O) groups is 1. The minimum Gasteiger partial charge on any atom is -0.464 e. The van der Waals surface area contributed by atoms with Crippen LogP contribution in [0, 0.1) is 10.1 Å². The lowest BCUT2D eigenvalue weighted by atomic mass is 10.1. The molecule has 2 rings (SSSR count). The molecule has 1 aromatic carbocycles. The summed E-state index contributed by atoms with van der Waals surface area (Å²) in [5.74, 6) is -0.599. The van der Waals surface area contributed by atoms with Crippen molar-refractivity contribution in [1.82, 2.24) is 10.2 Å². The first kappa shape index (κ1) is 18.1. The first-order valence-corrected chi connectivity index (χ1v) is 11.2. The van der Waals surface area contributed by atoms with Crippen LogP contribution in [0.3, 0.4) is 0 Å². The zero-order valence-electron chi connectivity index (χ0n) is 14.2. The van der Waals surface area contributed by atoms with Crippen molar-refractivity contribution in [1.29, 1.82) is 0 Å². The maximum Gasteiger partial charge on any atom is 0.359 e. The SMILES string of the molecule is COC(=O)c1n[nH]c2cc([N+](=O)[O-])cc(COCC[Si](C)(C)C)c12. The van der Waals surface area contributed by atoms with Gasteiger partial charge in [-0.25, -0.2) is 4.79 Å². The van der Waals surface area contributed by atoms with E-state index < -0.39 is 19.0 Å². The van der Waals surface area contributed by atoms with Crippen LogP contribution in [0.5, 0.6) is 0 Å². The van der Waals surface area contributed by atoms with Gasteiger partial charge in [-0.2, -0.15) is 5.10 Å². The second kappa shape index (κ2) is 7.10. The summed E-state index contributed by atoms with van der Waals surface area (Å²) >= 11 is 0. The Labute approximate surface area is 140 Å². The van der Waals surface area contributed by atoms with Crippen LogP contribution in [0.25, 0.3) is 10.9 Å². The lowest BCUT2D eigenvalue weighted by Crippen LogP contribution is -2.21. The molecule has 0 atom stereocenters. The molecular weight excluding hydrogens is 330 g/mol. The van der Waals surface area contributed by atoms with Crippen molar-refractivity contribution in [3.05, 3.63) is 33.5 Å². The molecule has 0 saturated carbocycles. The number of fused-ring (bicyclic) bond motifs is 1. The maximum atomic E-state index is 11.8. The molecule has 0 spiro atoms. The van der Waals surface area contributed by atoms with Crippen molar-refractivity contribution in [3.8, 4) is 0 Å². The van der Waals surface area contributed by atoms with Crippen LogP contribution in [0.4, 0.5) is 5.69 Å². The fourth-order valence-corrected chi connectivity index (χ4v) is 3.01. The maximum absolute atomic E-state index is 11.8. The molecule has 0 amide bonds. The van der Waals surface area contributed by atoms with E-state index in [-0.39, 0.29) is 18.0 Å². The zero-order valence-corrected chi connectivity index (χ0v) is 15.2. The number of esters is 1. The molecule has 8 nitrogen and oxygen atoms in total. The average Bonchev–Trinajstić information content (AvgIpc) is 2.93. The van der Waals surface area contributed by atoms with E-state index in [2.05, 4.69) is 29.8 Å². The van der Waals surface area contributed by atoms with Gasteiger partial charge in [-0.05, 0) is 11.6 Å². The van der Waals surface area contributed by atoms with Crippen molar-refractivity contribution in [2.75, 3.05) is 13.7 Å². The number of aromatic amines is 1. The fourth-order valence-electron chi connectivity index (χ4n) is 2.25. The third kappa shape index (κ3) is 4.18. The summed E-state index contributed by atoms with van der Waals surface area (Å²) in [4.78, 5) is 22.5. The van der Waals surface area contributed by atoms with Crippen molar-refractivity contribution < 1.29 is 19.2 Å². The van der Waals surface area contributed by atoms with E-state index >= 15 is 0 Å². The Morgan fingerprint density at radius 3 is 2.67 bits per heavy atom. The van der Waals surface area contributed by atoms with Crippen molar-refractivity contribution in [2.45, 2.75) is 32.3 Å². The number of benzene rings is 1. The lowest BCUT2D eigenvalue weighted by molar-refractivity contribution is -0.384. The van der Waals surface area contributed by atoms with Gasteiger partial charge in [-0.15, -0.1) is 0 Å². The van der Waals surface area contributed by atoms with E-state index in [0.29, 0.717) is 23.1 Å². The monoisotopic (exact) mass is 351 g/mol. The Hall–Kier alpha value is -2.26. The number of hydrogen-bond donors (Lipinski definition) is 1. The summed E-state index contributed by atoms with van der Waals surface area (Å²) in [6.45, 7) is 7.48. The van der Waals surface area contributed by atoms with Gasteiger partial charge >= 0.3 is 5.97 Å². The number of nitro groups is 1. The number of nitro benzene ring substituents is 1. The largest absolute Gasteiger partial charge is 0.464 e. The number of ether oxygens (including phenoxy) is 2. The molecule has 0 radical (unpaired) electrons. The van der Waals surface area contributed by atoms with Gasteiger partial charge in [0.05, 0.1) is 24.2 Å². The van der Waals surface area contributed by atoms with Crippen LogP contribution in [0.15, 0.2) is 12.1 Å². The van der Waals surface area contributed by atoms with E-state index in [1.165, 1.54) is 19.2 Å². The molecule has 0 bridgehead atoms. The second-order valence-electron chi connectivity index (χ2n) is 6.71. The standard InChI is InChI=1S/C15H21N3O5Si/c1-22-15(19)14-13-10(9-23-5-6-24(2,3)4)7-11(18(20)21)8-12(13)16-17-14/h7-8H,5-6,9H2,1-4H3,(H,16,17). The zero-order chi connectivity index (χ0) is 17.9. The third-order valence-electron chi connectivity index (χ3n) is 3.57. The molecular formula is C15H21N3O5Si. The topological polar surface area (TPSA) is 107 Å². The Balaban J connectivity index is 2.35. The number of non-ortho nitro benzene ring substituents is 1. The number of methoxy groups -OCH3 is 1. The fraction of sp³-hybridized carbons (Fsp3) is 0.467. The van der Waals surface area contributed by atoms with Gasteiger partial charge in [0.25, 0.3) is 5.69 Å². The van der Waals surface area contributed by atoms with E-state index in [1.54, 1.807) is 0 Å². The van der Waals surface area contributed by atoms with Crippen molar-refractivity contribution in [3.63, 3.8) is 0 Å². The molecule has 2 aromatic rings. The highest BCUT2D eigenvalue weighted by Crippen LogP contribution is 2.28. The number of aromatic nitrogens is 2. The summed E-state index contributed by atoms with van der Waals surface area (Å²) in [7, 11) is 0.0370.